The average Bonchev–Trinajstić information content (AvgIpc) is 2.96. The quantitative estimate of drug-likeness (QED) is 0.184. The summed E-state index contributed by atoms with van der Waals surface area (Å²) in [6.45, 7) is 4.40. The molecule has 2 aliphatic rings. The smallest absolute Gasteiger partial charge is 0.174 e. The van der Waals surface area contributed by atoms with Crippen LogP contribution < -0.4 is 0 Å². The van der Waals surface area contributed by atoms with Crippen molar-refractivity contribution in [2.24, 2.45) is 11.8 Å². The molecule has 2 aliphatic carbocycles. The van der Waals surface area contributed by atoms with E-state index in [9.17, 15) is 8.78 Å². The predicted molar refractivity (Wildman–Crippen MR) is 148 cm³/mol. The lowest BCUT2D eigenvalue weighted by Crippen LogP contribution is -2.16. The summed E-state index contributed by atoms with van der Waals surface area (Å²) in [7, 11) is 0. The van der Waals surface area contributed by atoms with Crippen LogP contribution >= 0.6 is 0 Å². The van der Waals surface area contributed by atoms with Crippen molar-refractivity contribution in [3.63, 3.8) is 0 Å². The molecule has 2 fully saturated rings. The van der Waals surface area contributed by atoms with Crippen molar-refractivity contribution >= 4 is 0 Å². The molecule has 0 bridgehead atoms. The molecule has 0 atom stereocenters. The summed E-state index contributed by atoms with van der Waals surface area (Å²) >= 11 is 0. The van der Waals surface area contributed by atoms with Gasteiger partial charge in [-0.05, 0) is 99.7 Å². The number of unbranched alkanes of at least 4 members (excludes halogenated alkanes) is 1. The van der Waals surface area contributed by atoms with E-state index in [-0.39, 0.29) is 35.5 Å². The highest BCUT2D eigenvalue weighted by atomic mass is 19.2. The zero-order chi connectivity index (χ0) is 27.8. The van der Waals surface area contributed by atoms with E-state index in [1.165, 1.54) is 12.1 Å². The highest BCUT2D eigenvalue weighted by Crippen LogP contribution is 2.41. The van der Waals surface area contributed by atoms with E-state index in [1.54, 1.807) is 13.0 Å². The Balaban J connectivity index is 1.34. The van der Waals surface area contributed by atoms with Gasteiger partial charge in [0.1, 0.15) is 0 Å². The SMILES string of the molecule is CCCC=CC1CCC(c2ccc(C3CCC(C#Cc4ccc(COCC)c(F)c4F)CC3)c(F)c2F)CC1. The van der Waals surface area contributed by atoms with E-state index >= 15 is 8.78 Å². The molecule has 0 radical (unpaired) electrons. The second-order valence-corrected chi connectivity index (χ2v) is 11.1. The molecule has 2 aromatic carbocycles. The van der Waals surface area contributed by atoms with Gasteiger partial charge >= 0.3 is 0 Å². The van der Waals surface area contributed by atoms with Crippen molar-refractivity contribution in [2.75, 3.05) is 6.61 Å². The van der Waals surface area contributed by atoms with E-state index in [0.29, 0.717) is 49.3 Å². The third-order valence-electron chi connectivity index (χ3n) is 8.42. The molecule has 0 saturated heterocycles. The van der Waals surface area contributed by atoms with Gasteiger partial charge in [-0.3, -0.25) is 0 Å². The monoisotopic (exact) mass is 540 g/mol. The summed E-state index contributed by atoms with van der Waals surface area (Å²) in [6, 6.07) is 6.59. The fraction of sp³-hybridized carbons (Fsp3) is 0.529. The van der Waals surface area contributed by atoms with Crippen molar-refractivity contribution in [3.8, 4) is 11.8 Å². The van der Waals surface area contributed by atoms with Crippen LogP contribution in [0.25, 0.3) is 0 Å². The Morgan fingerprint density at radius 1 is 0.769 bits per heavy atom. The van der Waals surface area contributed by atoms with E-state index < -0.39 is 23.3 Å². The number of allylic oxidation sites excluding steroid dienone is 2. The summed E-state index contributed by atoms with van der Waals surface area (Å²) in [5, 5.41) is 0. The van der Waals surface area contributed by atoms with Gasteiger partial charge in [0.05, 0.1) is 12.2 Å². The van der Waals surface area contributed by atoms with Crippen LogP contribution in [0.2, 0.25) is 0 Å². The lowest BCUT2D eigenvalue weighted by atomic mass is 9.76. The molecule has 2 aromatic rings. The van der Waals surface area contributed by atoms with Gasteiger partial charge in [-0.25, -0.2) is 17.6 Å². The molecule has 0 unspecified atom stereocenters. The van der Waals surface area contributed by atoms with Gasteiger partial charge in [-0.1, -0.05) is 55.5 Å². The minimum atomic E-state index is -0.951. The van der Waals surface area contributed by atoms with Crippen LogP contribution in [0.3, 0.4) is 0 Å². The minimum Gasteiger partial charge on any atom is -0.377 e. The number of benzene rings is 2. The zero-order valence-electron chi connectivity index (χ0n) is 23.2. The van der Waals surface area contributed by atoms with Gasteiger partial charge in [0.2, 0.25) is 0 Å². The maximum Gasteiger partial charge on any atom is 0.174 e. The fourth-order valence-corrected chi connectivity index (χ4v) is 6.03. The lowest BCUT2D eigenvalue weighted by Gasteiger charge is -2.29. The highest BCUT2D eigenvalue weighted by Gasteiger charge is 2.29. The molecule has 0 amide bonds. The maximum absolute atomic E-state index is 15.2. The van der Waals surface area contributed by atoms with Crippen LogP contribution in [0.5, 0.6) is 0 Å². The Bertz CT molecular complexity index is 1190. The van der Waals surface area contributed by atoms with Crippen molar-refractivity contribution in [3.05, 3.63) is 81.9 Å². The molecule has 0 heterocycles. The Morgan fingerprint density at radius 2 is 1.38 bits per heavy atom. The summed E-state index contributed by atoms with van der Waals surface area (Å²) in [6.07, 6.45) is 13.4. The van der Waals surface area contributed by atoms with E-state index in [0.717, 1.165) is 38.5 Å². The molecule has 210 valence electrons. The molecule has 5 heteroatoms. The van der Waals surface area contributed by atoms with E-state index in [4.69, 9.17) is 4.74 Å². The first kappa shape index (κ1) is 29.4. The maximum atomic E-state index is 15.2. The van der Waals surface area contributed by atoms with Crippen molar-refractivity contribution in [2.45, 2.75) is 96.5 Å². The van der Waals surface area contributed by atoms with Gasteiger partial charge in [-0.15, -0.1) is 0 Å². The van der Waals surface area contributed by atoms with Gasteiger partial charge in [0, 0.05) is 18.1 Å². The first-order valence-corrected chi connectivity index (χ1v) is 14.6. The Labute approximate surface area is 231 Å². The van der Waals surface area contributed by atoms with Crippen LogP contribution in [0.4, 0.5) is 17.6 Å². The normalized spacial score (nSPS) is 23.5. The Hall–Kier alpha value is -2.58. The summed E-state index contributed by atoms with van der Waals surface area (Å²) in [5.41, 5.74) is 1.18. The largest absolute Gasteiger partial charge is 0.377 e. The van der Waals surface area contributed by atoms with Crippen LogP contribution in [0, 0.1) is 46.9 Å². The molecular weight excluding hydrogens is 500 g/mol. The number of rotatable bonds is 8. The number of hydrogen-bond donors (Lipinski definition) is 0. The zero-order valence-corrected chi connectivity index (χ0v) is 23.2. The van der Waals surface area contributed by atoms with Gasteiger partial charge < -0.3 is 4.74 Å². The van der Waals surface area contributed by atoms with Gasteiger partial charge in [0.15, 0.2) is 23.3 Å². The molecule has 0 aromatic heterocycles. The van der Waals surface area contributed by atoms with E-state index in [2.05, 4.69) is 30.9 Å². The third kappa shape index (κ3) is 7.34. The van der Waals surface area contributed by atoms with E-state index in [1.807, 2.05) is 6.07 Å². The van der Waals surface area contributed by atoms with Crippen LogP contribution in [-0.2, 0) is 11.3 Å². The highest BCUT2D eigenvalue weighted by molar-refractivity contribution is 5.39. The molecule has 0 N–H and O–H groups in total. The molecule has 39 heavy (non-hydrogen) atoms. The molecule has 4 rings (SSSR count). The summed E-state index contributed by atoms with van der Waals surface area (Å²) in [4.78, 5) is 0. The predicted octanol–water partition coefficient (Wildman–Crippen LogP) is 9.74. The van der Waals surface area contributed by atoms with Crippen LogP contribution in [0.15, 0.2) is 36.4 Å². The average molecular weight is 541 g/mol. The Kier molecular flexibility index (Phi) is 10.7. The first-order chi connectivity index (χ1) is 18.9. The van der Waals surface area contributed by atoms with Crippen molar-refractivity contribution in [1.82, 2.24) is 0 Å². The van der Waals surface area contributed by atoms with Gasteiger partial charge in [0.25, 0.3) is 0 Å². The number of hydrogen-bond acceptors (Lipinski definition) is 1. The molecule has 1 nitrogen and oxygen atoms in total. The van der Waals surface area contributed by atoms with Crippen molar-refractivity contribution < 1.29 is 22.3 Å². The Morgan fingerprint density at radius 3 is 1.97 bits per heavy atom. The minimum absolute atomic E-state index is 0.0144. The molecule has 0 spiro atoms. The van der Waals surface area contributed by atoms with Crippen LogP contribution in [0.1, 0.15) is 112 Å². The standard InChI is InChI=1S/C34H40F4O/c1-3-5-6-7-23-8-13-25(14-9-23)29-20-21-30(34(38)33(29)37)26-15-10-24(11-16-26)12-17-27-18-19-28(22-39-4-2)32(36)31(27)35/h6-7,18-21,23-26H,3-5,8-11,13-16,22H2,1-2H3. The molecular formula is C34H40F4O. The van der Waals surface area contributed by atoms with Crippen LogP contribution in [-0.4, -0.2) is 6.61 Å². The molecule has 2 saturated carbocycles. The summed E-state index contributed by atoms with van der Waals surface area (Å²) < 4.78 is 64.4. The number of ether oxygens (including phenoxy) is 1. The fourth-order valence-electron chi connectivity index (χ4n) is 6.03. The van der Waals surface area contributed by atoms with Gasteiger partial charge in [-0.2, -0.15) is 0 Å². The molecule has 0 aliphatic heterocycles. The number of halogens is 4. The first-order valence-electron chi connectivity index (χ1n) is 14.6. The van der Waals surface area contributed by atoms with Crippen molar-refractivity contribution in [1.29, 1.82) is 0 Å². The lowest BCUT2D eigenvalue weighted by molar-refractivity contribution is 0.131. The third-order valence-corrected chi connectivity index (χ3v) is 8.42. The second-order valence-electron chi connectivity index (χ2n) is 11.1. The topological polar surface area (TPSA) is 9.23 Å². The second kappa shape index (κ2) is 14.2. The summed E-state index contributed by atoms with van der Waals surface area (Å²) in [5.74, 6) is 3.22.